The minimum absolute atomic E-state index is 0.118. The summed E-state index contributed by atoms with van der Waals surface area (Å²) in [6, 6.07) is 12.1. The predicted octanol–water partition coefficient (Wildman–Crippen LogP) is 5.81. The molecule has 0 spiro atoms. The van der Waals surface area contributed by atoms with Crippen molar-refractivity contribution in [1.29, 1.82) is 0 Å². The molecular formula is C34H45N5O4. The number of carbonyl (C=O) groups excluding carboxylic acids is 2. The van der Waals surface area contributed by atoms with Crippen LogP contribution in [0.4, 0.5) is 4.79 Å². The Morgan fingerprint density at radius 1 is 1.02 bits per heavy atom. The van der Waals surface area contributed by atoms with Crippen molar-refractivity contribution in [1.82, 2.24) is 25.0 Å². The quantitative estimate of drug-likeness (QED) is 0.376. The molecule has 0 aliphatic carbocycles. The van der Waals surface area contributed by atoms with Crippen LogP contribution >= 0.6 is 0 Å². The molecule has 2 fully saturated rings. The van der Waals surface area contributed by atoms with Crippen molar-refractivity contribution in [3.63, 3.8) is 0 Å². The van der Waals surface area contributed by atoms with Gasteiger partial charge < -0.3 is 19.6 Å². The van der Waals surface area contributed by atoms with Gasteiger partial charge in [0.05, 0.1) is 5.69 Å². The number of aromatic amines is 1. The zero-order valence-corrected chi connectivity index (χ0v) is 26.5. The molecule has 1 atom stereocenters. The number of aromatic nitrogens is 3. The number of aliphatic hydroxyl groups is 1. The van der Waals surface area contributed by atoms with Crippen molar-refractivity contribution < 1.29 is 19.4 Å². The molecule has 2 saturated heterocycles. The molecule has 0 unspecified atom stereocenters. The summed E-state index contributed by atoms with van der Waals surface area (Å²) in [4.78, 5) is 32.7. The fourth-order valence-electron chi connectivity index (χ4n) is 6.43. The number of likely N-dealkylation sites (tertiary alicyclic amines) is 2. The number of benzene rings is 1. The Hall–Kier alpha value is -3.72. The lowest BCUT2D eigenvalue weighted by molar-refractivity contribution is -0.131. The Bertz CT molecular complexity index is 1460. The topological polar surface area (TPSA) is 112 Å². The summed E-state index contributed by atoms with van der Waals surface area (Å²) < 4.78 is 5.61. The molecular weight excluding hydrogens is 542 g/mol. The van der Waals surface area contributed by atoms with Crippen molar-refractivity contribution >= 4 is 12.0 Å². The van der Waals surface area contributed by atoms with E-state index in [1.54, 1.807) is 24.2 Å². The maximum absolute atomic E-state index is 12.9. The molecule has 0 bridgehead atoms. The lowest BCUT2D eigenvalue weighted by Crippen LogP contribution is -2.66. The summed E-state index contributed by atoms with van der Waals surface area (Å²) in [6.07, 6.45) is 4.87. The summed E-state index contributed by atoms with van der Waals surface area (Å²) in [6.45, 7) is 15.6. The molecule has 2 N–H and O–H groups in total. The number of nitrogens with zero attached hydrogens (tertiary/aromatic N) is 4. The zero-order chi connectivity index (χ0) is 31.2. The first-order valence-electron chi connectivity index (χ1n) is 15.3. The van der Waals surface area contributed by atoms with Gasteiger partial charge in [-0.1, -0.05) is 45.0 Å². The van der Waals surface area contributed by atoms with Crippen LogP contribution in [0.25, 0.3) is 11.3 Å². The number of hydrogen-bond acceptors (Lipinski definition) is 6. The van der Waals surface area contributed by atoms with Crippen LogP contribution in [0.15, 0.2) is 48.8 Å². The van der Waals surface area contributed by atoms with E-state index >= 15 is 0 Å². The van der Waals surface area contributed by atoms with Gasteiger partial charge in [0.1, 0.15) is 11.2 Å². The Labute approximate surface area is 254 Å². The average Bonchev–Trinajstić information content (AvgIpc) is 3.45. The maximum atomic E-state index is 12.9. The molecule has 2 amide bonds. The van der Waals surface area contributed by atoms with Crippen molar-refractivity contribution in [2.45, 2.75) is 84.3 Å². The van der Waals surface area contributed by atoms with Gasteiger partial charge in [-0.3, -0.25) is 14.9 Å². The van der Waals surface area contributed by atoms with E-state index in [-0.39, 0.29) is 12.0 Å². The summed E-state index contributed by atoms with van der Waals surface area (Å²) >= 11 is 0. The van der Waals surface area contributed by atoms with Crippen molar-refractivity contribution in [2.75, 3.05) is 26.2 Å². The van der Waals surface area contributed by atoms with Crippen LogP contribution in [0.1, 0.15) is 95.5 Å². The predicted molar refractivity (Wildman–Crippen MR) is 165 cm³/mol. The van der Waals surface area contributed by atoms with Crippen LogP contribution in [0.5, 0.6) is 0 Å². The van der Waals surface area contributed by atoms with E-state index in [9.17, 15) is 14.7 Å². The number of rotatable bonds is 6. The third-order valence-electron chi connectivity index (χ3n) is 9.03. The number of piperidine rings is 1. The molecule has 9 nitrogen and oxygen atoms in total. The molecule has 43 heavy (non-hydrogen) atoms. The Morgan fingerprint density at radius 2 is 1.67 bits per heavy atom. The molecule has 0 saturated carbocycles. The standard InChI is InChI=1S/C34H45N5O4/c1-22(2)24-8-10-27(11-9-24)34(42,33(7)20-39(21-33)31(41)43-32(4,5)6)28-16-26(18-35-19-28)30-17-29(36-37-30)25-12-14-38(15-13-25)23(3)40/h8-11,16-19,22,25,42H,12-15,20-21H2,1-7H3,(H,36,37)/t34-/m0/s1. The molecule has 3 aromatic rings. The number of nitrogens with one attached hydrogen (secondary N) is 1. The summed E-state index contributed by atoms with van der Waals surface area (Å²) in [5.74, 6) is 0.780. The van der Waals surface area contributed by atoms with Gasteiger partial charge in [0.25, 0.3) is 0 Å². The Kier molecular flexibility index (Phi) is 8.15. The first-order chi connectivity index (χ1) is 20.2. The van der Waals surface area contributed by atoms with Crippen LogP contribution in [-0.2, 0) is 15.1 Å². The highest BCUT2D eigenvalue weighted by atomic mass is 16.6. The first kappa shape index (κ1) is 30.7. The second kappa shape index (κ2) is 11.4. The van der Waals surface area contributed by atoms with Gasteiger partial charge in [-0.2, -0.15) is 5.10 Å². The number of pyridine rings is 1. The van der Waals surface area contributed by atoms with E-state index in [1.165, 1.54) is 5.56 Å². The van der Waals surface area contributed by atoms with E-state index in [2.05, 4.69) is 47.2 Å². The normalized spacial score (nSPS) is 18.7. The van der Waals surface area contributed by atoms with Crippen LogP contribution < -0.4 is 0 Å². The van der Waals surface area contributed by atoms with Crippen LogP contribution in [0.3, 0.4) is 0 Å². The highest BCUT2D eigenvalue weighted by molar-refractivity contribution is 5.73. The Balaban J connectivity index is 1.46. The minimum atomic E-state index is -1.43. The zero-order valence-electron chi connectivity index (χ0n) is 26.5. The molecule has 9 heteroatoms. The maximum Gasteiger partial charge on any atom is 0.410 e. The van der Waals surface area contributed by atoms with E-state index in [0.29, 0.717) is 30.5 Å². The fourth-order valence-corrected chi connectivity index (χ4v) is 6.43. The van der Waals surface area contributed by atoms with Gasteiger partial charge in [0.2, 0.25) is 5.91 Å². The monoisotopic (exact) mass is 587 g/mol. The van der Waals surface area contributed by atoms with E-state index in [0.717, 1.165) is 48.4 Å². The molecule has 2 aromatic heterocycles. The molecule has 1 aromatic carbocycles. The summed E-state index contributed by atoms with van der Waals surface area (Å²) in [5.41, 5.74) is 2.46. The molecule has 230 valence electrons. The largest absolute Gasteiger partial charge is 0.444 e. The van der Waals surface area contributed by atoms with E-state index in [4.69, 9.17) is 4.74 Å². The van der Waals surface area contributed by atoms with Crippen molar-refractivity contribution in [3.8, 4) is 11.3 Å². The molecule has 4 heterocycles. The van der Waals surface area contributed by atoms with Gasteiger partial charge in [0.15, 0.2) is 0 Å². The van der Waals surface area contributed by atoms with Crippen molar-refractivity contribution in [3.05, 3.63) is 71.2 Å². The second-order valence-corrected chi connectivity index (χ2v) is 13.8. The van der Waals surface area contributed by atoms with Crippen LogP contribution in [0, 0.1) is 5.41 Å². The van der Waals surface area contributed by atoms with Crippen LogP contribution in [0.2, 0.25) is 0 Å². The van der Waals surface area contributed by atoms with Crippen molar-refractivity contribution in [2.24, 2.45) is 5.41 Å². The van der Waals surface area contributed by atoms with E-state index in [1.807, 2.05) is 50.8 Å². The highest BCUT2D eigenvalue weighted by Gasteiger charge is 2.58. The Morgan fingerprint density at radius 3 is 2.26 bits per heavy atom. The number of H-pyrrole nitrogens is 1. The molecule has 5 rings (SSSR count). The molecule has 0 radical (unpaired) electrons. The SMILES string of the molecule is CC(=O)N1CCC(c2cc(-c3cncc([C@@](O)(c4ccc(C(C)C)cc4)C4(C)CN(C(=O)OC(C)(C)C)C4)c3)n[nH]2)CC1. The summed E-state index contributed by atoms with van der Waals surface area (Å²) in [7, 11) is 0. The molecule has 2 aliphatic rings. The van der Waals surface area contributed by atoms with Crippen LogP contribution in [-0.4, -0.2) is 73.9 Å². The van der Waals surface area contributed by atoms with E-state index < -0.39 is 16.6 Å². The lowest BCUT2D eigenvalue weighted by Gasteiger charge is -2.56. The van der Waals surface area contributed by atoms with Gasteiger partial charge in [0, 0.05) is 73.7 Å². The van der Waals surface area contributed by atoms with Gasteiger partial charge >= 0.3 is 6.09 Å². The smallest absolute Gasteiger partial charge is 0.410 e. The number of hydrogen-bond donors (Lipinski definition) is 2. The second-order valence-electron chi connectivity index (χ2n) is 13.8. The number of carbonyl (C=O) groups is 2. The van der Waals surface area contributed by atoms with Gasteiger partial charge in [-0.05, 0) is 62.8 Å². The van der Waals surface area contributed by atoms with Gasteiger partial charge in [-0.25, -0.2) is 4.79 Å². The first-order valence-corrected chi connectivity index (χ1v) is 15.3. The summed E-state index contributed by atoms with van der Waals surface area (Å²) in [5, 5.41) is 20.6. The van der Waals surface area contributed by atoms with Gasteiger partial charge in [-0.15, -0.1) is 0 Å². The lowest BCUT2D eigenvalue weighted by atomic mass is 9.62. The number of amides is 2. The minimum Gasteiger partial charge on any atom is -0.444 e. The molecule has 2 aliphatic heterocycles. The average molecular weight is 588 g/mol. The fraction of sp³-hybridized carbons (Fsp3) is 0.529. The number of ether oxygens (including phenoxy) is 1. The third kappa shape index (κ3) is 6.05. The third-order valence-corrected chi connectivity index (χ3v) is 9.03. The highest BCUT2D eigenvalue weighted by Crippen LogP contribution is 2.51.